The number of fused-ring (bicyclic) bond motifs is 1. The van der Waals surface area contributed by atoms with Gasteiger partial charge >= 0.3 is 0 Å². The van der Waals surface area contributed by atoms with Gasteiger partial charge in [-0.2, -0.15) is 0 Å². The maximum Gasteiger partial charge on any atom is 0.244 e. The van der Waals surface area contributed by atoms with E-state index in [-0.39, 0.29) is 11.8 Å². The number of hydrogen-bond donors (Lipinski definition) is 2. The van der Waals surface area contributed by atoms with Crippen molar-refractivity contribution in [1.29, 1.82) is 0 Å². The van der Waals surface area contributed by atoms with Crippen LogP contribution in [-0.4, -0.2) is 47.9 Å². The number of amides is 2. The molecule has 136 valence electrons. The van der Waals surface area contributed by atoms with Crippen LogP contribution in [0.5, 0.6) is 0 Å². The topological polar surface area (TPSA) is 74.3 Å². The number of carbonyl (C=O) groups is 2. The summed E-state index contributed by atoms with van der Waals surface area (Å²) in [6.07, 6.45) is 0.878. The van der Waals surface area contributed by atoms with Crippen molar-refractivity contribution in [2.75, 3.05) is 19.4 Å². The summed E-state index contributed by atoms with van der Waals surface area (Å²) in [5.74, 6) is -0.367. The van der Waals surface area contributed by atoms with Gasteiger partial charge in [-0.15, -0.1) is 0 Å². The summed E-state index contributed by atoms with van der Waals surface area (Å²) in [5, 5.41) is 6.42. The molecule has 7 heteroatoms. The van der Waals surface area contributed by atoms with Crippen molar-refractivity contribution in [3.05, 3.63) is 58.9 Å². The van der Waals surface area contributed by atoms with Gasteiger partial charge in [0.2, 0.25) is 11.8 Å². The number of hydrogen-bond acceptors (Lipinski definition) is 4. The molecule has 1 aromatic heterocycles. The Labute approximate surface area is 157 Å². The van der Waals surface area contributed by atoms with Gasteiger partial charge in [0.1, 0.15) is 17.2 Å². The highest BCUT2D eigenvalue weighted by atomic mass is 35.5. The largest absolute Gasteiger partial charge is 0.372 e. The lowest BCUT2D eigenvalue weighted by Crippen LogP contribution is -2.51. The van der Waals surface area contributed by atoms with E-state index in [4.69, 9.17) is 11.6 Å². The number of rotatable bonds is 5. The summed E-state index contributed by atoms with van der Waals surface area (Å²) in [4.78, 5) is 31.0. The first-order valence-electron chi connectivity index (χ1n) is 8.41. The fourth-order valence-electron chi connectivity index (χ4n) is 2.99. The van der Waals surface area contributed by atoms with Gasteiger partial charge in [-0.05, 0) is 17.7 Å². The number of likely N-dealkylation sites (N-methyl/N-ethyl adjacent to an activating group) is 1. The molecule has 0 radical (unpaired) electrons. The van der Waals surface area contributed by atoms with Crippen LogP contribution >= 0.6 is 11.6 Å². The van der Waals surface area contributed by atoms with E-state index in [0.29, 0.717) is 18.0 Å². The van der Waals surface area contributed by atoms with Crippen molar-refractivity contribution in [3.63, 3.8) is 0 Å². The van der Waals surface area contributed by atoms with Gasteiger partial charge in [0.05, 0.1) is 11.4 Å². The maximum atomic E-state index is 12.7. The number of carbonyl (C=O) groups excluding carboxylic acids is 2. The molecule has 1 aliphatic rings. The monoisotopic (exact) mass is 372 g/mol. The number of pyridine rings is 1. The van der Waals surface area contributed by atoms with Gasteiger partial charge in [0.25, 0.3) is 0 Å². The zero-order valence-electron chi connectivity index (χ0n) is 14.7. The molecule has 2 atom stereocenters. The molecular weight excluding hydrogens is 352 g/mol. The van der Waals surface area contributed by atoms with Gasteiger partial charge in [0, 0.05) is 26.9 Å². The van der Waals surface area contributed by atoms with Crippen LogP contribution in [0.4, 0.5) is 5.69 Å². The van der Waals surface area contributed by atoms with Crippen LogP contribution in [0.1, 0.15) is 11.3 Å². The number of nitrogens with zero attached hydrogens (tertiary/aromatic N) is 2. The SMILES string of the molecule is CN(C)C(=O)[C@H](Cc1ccccc1)NC(=O)C1Cc2nc(Cl)ccc2N1. The highest BCUT2D eigenvalue weighted by Gasteiger charge is 2.31. The first-order chi connectivity index (χ1) is 12.4. The molecule has 0 saturated heterocycles. The molecule has 0 bridgehead atoms. The van der Waals surface area contributed by atoms with Crippen LogP contribution in [-0.2, 0) is 22.4 Å². The summed E-state index contributed by atoms with van der Waals surface area (Å²) in [6.45, 7) is 0. The quantitative estimate of drug-likeness (QED) is 0.786. The van der Waals surface area contributed by atoms with Crippen molar-refractivity contribution in [3.8, 4) is 0 Å². The van der Waals surface area contributed by atoms with Crippen molar-refractivity contribution >= 4 is 29.1 Å². The molecule has 2 amide bonds. The Bertz CT molecular complexity index is 810. The molecule has 1 unspecified atom stereocenters. The van der Waals surface area contributed by atoms with Gasteiger partial charge in [-0.25, -0.2) is 4.98 Å². The zero-order chi connectivity index (χ0) is 18.7. The third kappa shape index (κ3) is 4.14. The second kappa shape index (κ2) is 7.74. The molecule has 0 spiro atoms. The third-order valence-electron chi connectivity index (χ3n) is 4.32. The van der Waals surface area contributed by atoms with Gasteiger partial charge in [-0.1, -0.05) is 41.9 Å². The highest BCUT2D eigenvalue weighted by molar-refractivity contribution is 6.29. The molecule has 1 aromatic carbocycles. The first kappa shape index (κ1) is 18.2. The lowest BCUT2D eigenvalue weighted by Gasteiger charge is -2.23. The average molecular weight is 373 g/mol. The molecule has 2 heterocycles. The zero-order valence-corrected chi connectivity index (χ0v) is 15.5. The summed E-state index contributed by atoms with van der Waals surface area (Å²) in [6, 6.07) is 12.0. The first-order valence-corrected chi connectivity index (χ1v) is 8.79. The maximum absolute atomic E-state index is 12.7. The van der Waals surface area contributed by atoms with Gasteiger partial charge in [0.15, 0.2) is 0 Å². The van der Waals surface area contributed by atoms with Crippen molar-refractivity contribution in [1.82, 2.24) is 15.2 Å². The number of nitrogens with one attached hydrogen (secondary N) is 2. The lowest BCUT2D eigenvalue weighted by atomic mass is 10.0. The van der Waals surface area contributed by atoms with Crippen LogP contribution in [0.2, 0.25) is 5.15 Å². The molecule has 0 saturated carbocycles. The molecule has 1 aliphatic heterocycles. The minimum atomic E-state index is -0.623. The molecule has 3 rings (SSSR count). The van der Waals surface area contributed by atoms with Crippen LogP contribution < -0.4 is 10.6 Å². The smallest absolute Gasteiger partial charge is 0.244 e. The molecule has 0 fully saturated rings. The number of benzene rings is 1. The van der Waals surface area contributed by atoms with Crippen LogP contribution in [0.3, 0.4) is 0 Å². The second-order valence-corrected chi connectivity index (χ2v) is 6.90. The van der Waals surface area contributed by atoms with Crippen molar-refractivity contribution in [2.45, 2.75) is 24.9 Å². The van der Waals surface area contributed by atoms with E-state index in [1.165, 1.54) is 4.90 Å². The van der Waals surface area contributed by atoms with E-state index in [9.17, 15) is 9.59 Å². The molecule has 2 N–H and O–H groups in total. The fraction of sp³-hybridized carbons (Fsp3) is 0.316. The predicted octanol–water partition coefficient (Wildman–Crippen LogP) is 1.89. The Balaban J connectivity index is 1.70. The van der Waals surface area contributed by atoms with Crippen molar-refractivity contribution < 1.29 is 9.59 Å². The molecule has 0 aliphatic carbocycles. The normalized spacial score (nSPS) is 16.3. The van der Waals surface area contributed by atoms with Crippen molar-refractivity contribution in [2.24, 2.45) is 0 Å². The molecule has 6 nitrogen and oxygen atoms in total. The lowest BCUT2D eigenvalue weighted by molar-refractivity contribution is -0.134. The van der Waals surface area contributed by atoms with Gasteiger partial charge in [-0.3, -0.25) is 9.59 Å². The predicted molar refractivity (Wildman–Crippen MR) is 101 cm³/mol. The Kier molecular flexibility index (Phi) is 5.42. The minimum absolute atomic E-state index is 0.140. The van der Waals surface area contributed by atoms with E-state index in [1.54, 1.807) is 20.2 Å². The molecular formula is C19H21ClN4O2. The Morgan fingerprint density at radius 2 is 2.00 bits per heavy atom. The van der Waals surface area contributed by atoms with Crippen LogP contribution in [0, 0.1) is 0 Å². The van der Waals surface area contributed by atoms with Crippen LogP contribution in [0.15, 0.2) is 42.5 Å². The van der Waals surface area contributed by atoms with Gasteiger partial charge < -0.3 is 15.5 Å². The number of halogens is 1. The highest BCUT2D eigenvalue weighted by Crippen LogP contribution is 2.25. The Morgan fingerprint density at radius 1 is 1.27 bits per heavy atom. The third-order valence-corrected chi connectivity index (χ3v) is 4.53. The minimum Gasteiger partial charge on any atom is -0.372 e. The summed E-state index contributed by atoms with van der Waals surface area (Å²) >= 11 is 5.91. The standard InChI is InChI=1S/C19H21ClN4O2/c1-24(2)19(26)16(10-12-6-4-3-5-7-12)23-18(25)15-11-14-13(21-15)8-9-17(20)22-14/h3-9,15-16,21H,10-11H2,1-2H3,(H,23,25)/t15?,16-/m0/s1. The van der Waals surface area contributed by atoms with E-state index in [2.05, 4.69) is 15.6 Å². The number of anilines is 1. The second-order valence-electron chi connectivity index (χ2n) is 6.51. The molecule has 2 aromatic rings. The summed E-state index contributed by atoms with van der Waals surface area (Å²) in [5.41, 5.74) is 2.55. The van der Waals surface area contributed by atoms with E-state index >= 15 is 0 Å². The van der Waals surface area contributed by atoms with E-state index in [1.807, 2.05) is 36.4 Å². The number of aromatic nitrogens is 1. The Hall–Kier alpha value is -2.60. The average Bonchev–Trinajstić information content (AvgIpc) is 3.04. The summed E-state index contributed by atoms with van der Waals surface area (Å²) in [7, 11) is 3.37. The van der Waals surface area contributed by atoms with E-state index < -0.39 is 12.1 Å². The Morgan fingerprint density at radius 3 is 2.69 bits per heavy atom. The summed E-state index contributed by atoms with van der Waals surface area (Å²) < 4.78 is 0. The fourth-order valence-corrected chi connectivity index (χ4v) is 3.15. The molecule has 26 heavy (non-hydrogen) atoms. The van der Waals surface area contributed by atoms with Crippen LogP contribution in [0.25, 0.3) is 0 Å². The van der Waals surface area contributed by atoms with E-state index in [0.717, 1.165) is 16.9 Å².